The fourth-order valence-corrected chi connectivity index (χ4v) is 3.94. The predicted molar refractivity (Wildman–Crippen MR) is 95.3 cm³/mol. The number of hydrogen-bond donors (Lipinski definition) is 0. The first-order valence-corrected chi connectivity index (χ1v) is 8.94. The molecule has 2 aliphatic rings. The quantitative estimate of drug-likeness (QED) is 0.795. The minimum Gasteiger partial charge on any atom is -0.492 e. The third-order valence-corrected chi connectivity index (χ3v) is 5.34. The summed E-state index contributed by atoms with van der Waals surface area (Å²) in [7, 11) is 1.39. The molecule has 1 aromatic heterocycles. The van der Waals surface area contributed by atoms with Gasteiger partial charge in [-0.3, -0.25) is 4.79 Å². The number of benzene rings is 1. The number of carbonyl (C=O) groups excluding carboxylic acids is 2. The van der Waals surface area contributed by atoms with Gasteiger partial charge in [0.1, 0.15) is 24.0 Å². The summed E-state index contributed by atoms with van der Waals surface area (Å²) < 4.78 is 12.5. The maximum Gasteiger partial charge on any atom is 0.354 e. The lowest BCUT2D eigenvalue weighted by Crippen LogP contribution is -2.42. The molecule has 4 rings (SSSR count). The van der Waals surface area contributed by atoms with Crippen molar-refractivity contribution in [2.75, 3.05) is 26.8 Å². The van der Waals surface area contributed by atoms with Gasteiger partial charge in [-0.25, -0.2) is 4.79 Å². The minimum absolute atomic E-state index is 0.133. The van der Waals surface area contributed by atoms with E-state index in [4.69, 9.17) is 9.47 Å². The van der Waals surface area contributed by atoms with Gasteiger partial charge in [0.2, 0.25) is 5.91 Å². The zero-order chi connectivity index (χ0) is 18.1. The first kappa shape index (κ1) is 16.7. The molecule has 1 unspecified atom stereocenters. The van der Waals surface area contributed by atoms with E-state index in [1.54, 1.807) is 6.07 Å². The first-order chi connectivity index (χ1) is 12.7. The lowest BCUT2D eigenvalue weighted by Gasteiger charge is -2.34. The number of esters is 1. The van der Waals surface area contributed by atoms with Crippen molar-refractivity contribution in [1.29, 1.82) is 0 Å². The first-order valence-electron chi connectivity index (χ1n) is 8.94. The SMILES string of the molecule is COC(=O)c1cccn1C1CCN(C(=O)C2COc3ccccc32)CC1. The van der Waals surface area contributed by atoms with E-state index in [0.29, 0.717) is 25.4 Å². The van der Waals surface area contributed by atoms with Gasteiger partial charge in [0.15, 0.2) is 0 Å². The Labute approximate surface area is 152 Å². The standard InChI is InChI=1S/C20H22N2O4/c1-25-20(24)17-6-4-10-22(17)14-8-11-21(12-9-14)19(23)16-13-26-18-7-3-2-5-15(16)18/h2-7,10,14,16H,8-9,11-13H2,1H3. The molecule has 6 nitrogen and oxygen atoms in total. The molecule has 0 bridgehead atoms. The van der Waals surface area contributed by atoms with Crippen molar-refractivity contribution in [3.8, 4) is 5.75 Å². The number of ether oxygens (including phenoxy) is 2. The van der Waals surface area contributed by atoms with E-state index in [-0.39, 0.29) is 23.8 Å². The van der Waals surface area contributed by atoms with Crippen LogP contribution in [0.2, 0.25) is 0 Å². The van der Waals surface area contributed by atoms with Crippen molar-refractivity contribution in [1.82, 2.24) is 9.47 Å². The molecule has 1 atom stereocenters. The van der Waals surface area contributed by atoms with Gasteiger partial charge in [-0.2, -0.15) is 0 Å². The second-order valence-corrected chi connectivity index (χ2v) is 6.75. The monoisotopic (exact) mass is 354 g/mol. The van der Waals surface area contributed by atoms with E-state index >= 15 is 0 Å². The number of aromatic nitrogens is 1. The average Bonchev–Trinajstić information content (AvgIpc) is 3.34. The van der Waals surface area contributed by atoms with Crippen molar-refractivity contribution >= 4 is 11.9 Å². The van der Waals surface area contributed by atoms with Crippen LogP contribution in [0.15, 0.2) is 42.6 Å². The van der Waals surface area contributed by atoms with Crippen molar-refractivity contribution in [3.63, 3.8) is 0 Å². The lowest BCUT2D eigenvalue weighted by atomic mass is 9.97. The van der Waals surface area contributed by atoms with Crippen LogP contribution < -0.4 is 4.74 Å². The topological polar surface area (TPSA) is 60.8 Å². The second kappa shape index (κ2) is 6.86. The van der Waals surface area contributed by atoms with Gasteiger partial charge < -0.3 is 18.9 Å². The van der Waals surface area contributed by atoms with E-state index in [2.05, 4.69) is 0 Å². The van der Waals surface area contributed by atoms with Crippen molar-refractivity contribution in [2.24, 2.45) is 0 Å². The van der Waals surface area contributed by atoms with Crippen molar-refractivity contribution < 1.29 is 19.1 Å². The van der Waals surface area contributed by atoms with Gasteiger partial charge >= 0.3 is 5.97 Å². The zero-order valence-electron chi connectivity index (χ0n) is 14.8. The summed E-state index contributed by atoms with van der Waals surface area (Å²) in [6.45, 7) is 1.78. The van der Waals surface area contributed by atoms with E-state index in [9.17, 15) is 9.59 Å². The Kier molecular flexibility index (Phi) is 4.41. The number of para-hydroxylation sites is 1. The summed E-state index contributed by atoms with van der Waals surface area (Å²) >= 11 is 0. The maximum absolute atomic E-state index is 12.9. The molecular formula is C20H22N2O4. The highest BCUT2D eigenvalue weighted by atomic mass is 16.5. The summed E-state index contributed by atoms with van der Waals surface area (Å²) in [4.78, 5) is 26.7. The number of methoxy groups -OCH3 is 1. The third kappa shape index (κ3) is 2.85. The van der Waals surface area contributed by atoms with Crippen LogP contribution in [0.1, 0.15) is 40.9 Å². The van der Waals surface area contributed by atoms with E-state index in [1.807, 2.05) is 46.0 Å². The van der Waals surface area contributed by atoms with Crippen LogP contribution >= 0.6 is 0 Å². The molecule has 2 aliphatic heterocycles. The summed E-state index contributed by atoms with van der Waals surface area (Å²) in [5.74, 6) is 0.415. The van der Waals surface area contributed by atoms with Gasteiger partial charge in [0.05, 0.1) is 7.11 Å². The molecule has 3 heterocycles. The van der Waals surface area contributed by atoms with Crippen molar-refractivity contribution in [2.45, 2.75) is 24.8 Å². The van der Waals surface area contributed by atoms with Gasteiger partial charge in [0, 0.05) is 30.9 Å². The van der Waals surface area contributed by atoms with Gasteiger partial charge in [-0.15, -0.1) is 0 Å². The summed E-state index contributed by atoms with van der Waals surface area (Å²) in [6.07, 6.45) is 3.55. The molecule has 1 saturated heterocycles. The van der Waals surface area contributed by atoms with E-state index in [1.165, 1.54) is 7.11 Å². The lowest BCUT2D eigenvalue weighted by molar-refractivity contribution is -0.134. The largest absolute Gasteiger partial charge is 0.492 e. The van der Waals surface area contributed by atoms with Crippen LogP contribution in [0.4, 0.5) is 0 Å². The van der Waals surface area contributed by atoms with Gasteiger partial charge in [-0.05, 0) is 31.0 Å². The molecule has 1 fully saturated rings. The third-order valence-electron chi connectivity index (χ3n) is 5.34. The molecule has 0 aliphatic carbocycles. The summed E-state index contributed by atoms with van der Waals surface area (Å²) in [5, 5.41) is 0. The van der Waals surface area contributed by atoms with Crippen LogP contribution in [0, 0.1) is 0 Å². The molecular weight excluding hydrogens is 332 g/mol. The smallest absolute Gasteiger partial charge is 0.354 e. The number of rotatable bonds is 3. The Balaban J connectivity index is 1.42. The molecule has 0 spiro atoms. The Morgan fingerprint density at radius 2 is 1.88 bits per heavy atom. The molecule has 26 heavy (non-hydrogen) atoms. The molecule has 0 radical (unpaired) electrons. The molecule has 1 amide bonds. The molecule has 0 N–H and O–H groups in total. The number of piperidine rings is 1. The van der Waals surface area contributed by atoms with Crippen LogP contribution in [0.25, 0.3) is 0 Å². The van der Waals surface area contributed by atoms with Crippen LogP contribution in [0.3, 0.4) is 0 Å². The number of nitrogens with zero attached hydrogens (tertiary/aromatic N) is 2. The van der Waals surface area contributed by atoms with Crippen molar-refractivity contribution in [3.05, 3.63) is 53.9 Å². The Morgan fingerprint density at radius 3 is 2.65 bits per heavy atom. The molecule has 136 valence electrons. The zero-order valence-corrected chi connectivity index (χ0v) is 14.8. The molecule has 1 aromatic carbocycles. The summed E-state index contributed by atoms with van der Waals surface area (Å²) in [6, 6.07) is 11.6. The second-order valence-electron chi connectivity index (χ2n) is 6.75. The highest BCUT2D eigenvalue weighted by molar-refractivity contribution is 5.87. The normalized spacial score (nSPS) is 19.7. The molecule has 0 saturated carbocycles. The van der Waals surface area contributed by atoms with Crippen LogP contribution in [-0.4, -0.2) is 48.1 Å². The predicted octanol–water partition coefficient (Wildman–Crippen LogP) is 2.61. The Hall–Kier alpha value is -2.76. The molecule has 6 heteroatoms. The van der Waals surface area contributed by atoms with Gasteiger partial charge in [0.25, 0.3) is 0 Å². The number of likely N-dealkylation sites (tertiary alicyclic amines) is 1. The maximum atomic E-state index is 12.9. The van der Waals surface area contributed by atoms with Crippen LogP contribution in [0.5, 0.6) is 5.75 Å². The highest BCUT2D eigenvalue weighted by Gasteiger charge is 2.35. The minimum atomic E-state index is -0.326. The Morgan fingerprint density at radius 1 is 1.12 bits per heavy atom. The fraction of sp³-hybridized carbons (Fsp3) is 0.400. The number of hydrogen-bond acceptors (Lipinski definition) is 4. The summed E-state index contributed by atoms with van der Waals surface area (Å²) in [5.41, 5.74) is 1.55. The number of carbonyl (C=O) groups is 2. The van der Waals surface area contributed by atoms with E-state index in [0.717, 1.165) is 24.2 Å². The van der Waals surface area contributed by atoms with Gasteiger partial charge in [-0.1, -0.05) is 18.2 Å². The number of fused-ring (bicyclic) bond motifs is 1. The highest BCUT2D eigenvalue weighted by Crippen LogP contribution is 2.35. The van der Waals surface area contributed by atoms with E-state index < -0.39 is 0 Å². The molecule has 2 aromatic rings. The average molecular weight is 354 g/mol. The number of amides is 1. The van der Waals surface area contributed by atoms with Crippen LogP contribution in [-0.2, 0) is 9.53 Å². The fourth-order valence-electron chi connectivity index (χ4n) is 3.94. The Bertz CT molecular complexity index is 821.